The van der Waals surface area contributed by atoms with Crippen molar-refractivity contribution < 1.29 is 14.0 Å². The number of halogens is 1. The second-order valence-corrected chi connectivity index (χ2v) is 8.42. The molecule has 0 unspecified atom stereocenters. The summed E-state index contributed by atoms with van der Waals surface area (Å²) in [6.45, 7) is 6.00. The minimum absolute atomic E-state index is 0.116. The number of nitrogens with zero attached hydrogens (tertiary/aromatic N) is 3. The molecule has 2 heterocycles. The molecule has 0 radical (unpaired) electrons. The molecular weight excluding hydrogens is 391 g/mol. The molecule has 1 N–H and O–H groups in total. The smallest absolute Gasteiger partial charge is 0.238 e. The molecule has 29 heavy (non-hydrogen) atoms. The molecule has 8 heteroatoms. The maximum absolute atomic E-state index is 13.2. The zero-order valence-electron chi connectivity index (χ0n) is 16.9. The van der Waals surface area contributed by atoms with Crippen LogP contribution in [0.4, 0.5) is 10.1 Å². The molecule has 3 rings (SSSR count). The molecule has 1 fully saturated rings. The van der Waals surface area contributed by atoms with E-state index in [0.717, 1.165) is 6.54 Å². The predicted octanol–water partition coefficient (Wildman–Crippen LogP) is 2.41. The number of hydrogen-bond acceptors (Lipinski definition) is 5. The minimum Gasteiger partial charge on any atom is -0.339 e. The Hall–Kier alpha value is -2.29. The summed E-state index contributed by atoms with van der Waals surface area (Å²) < 4.78 is 13.2. The maximum atomic E-state index is 13.2. The van der Waals surface area contributed by atoms with Crippen molar-refractivity contribution in [2.75, 3.05) is 51.6 Å². The van der Waals surface area contributed by atoms with Crippen molar-refractivity contribution in [2.24, 2.45) is 0 Å². The van der Waals surface area contributed by atoms with Gasteiger partial charge >= 0.3 is 0 Å². The fourth-order valence-electron chi connectivity index (χ4n) is 3.32. The van der Waals surface area contributed by atoms with E-state index in [9.17, 15) is 14.0 Å². The number of benzene rings is 1. The Morgan fingerprint density at radius 2 is 1.97 bits per heavy atom. The van der Waals surface area contributed by atoms with E-state index < -0.39 is 0 Å². The summed E-state index contributed by atoms with van der Waals surface area (Å²) in [5, 5.41) is 4.78. The minimum atomic E-state index is -0.380. The van der Waals surface area contributed by atoms with Crippen LogP contribution in [0.1, 0.15) is 10.4 Å². The SMILES string of the molecule is Cc1ccsc1CN(C)CC(=O)N1CCN(CC(=O)Nc2cccc(F)c2)CC1. The van der Waals surface area contributed by atoms with Gasteiger partial charge in [0.1, 0.15) is 5.82 Å². The van der Waals surface area contributed by atoms with Crippen LogP contribution in [0.15, 0.2) is 35.7 Å². The number of carbonyl (C=O) groups is 2. The lowest BCUT2D eigenvalue weighted by Gasteiger charge is -2.35. The third kappa shape index (κ3) is 6.35. The number of aryl methyl sites for hydroxylation is 1. The Balaban J connectivity index is 1.39. The summed E-state index contributed by atoms with van der Waals surface area (Å²) in [7, 11) is 1.96. The fourth-order valence-corrected chi connectivity index (χ4v) is 4.31. The van der Waals surface area contributed by atoms with Crippen LogP contribution in [-0.2, 0) is 16.1 Å². The quantitative estimate of drug-likeness (QED) is 0.750. The highest BCUT2D eigenvalue weighted by molar-refractivity contribution is 7.10. The van der Waals surface area contributed by atoms with Crippen molar-refractivity contribution in [2.45, 2.75) is 13.5 Å². The highest BCUT2D eigenvalue weighted by Crippen LogP contribution is 2.17. The average molecular weight is 419 g/mol. The van der Waals surface area contributed by atoms with Gasteiger partial charge in [-0.15, -0.1) is 11.3 Å². The fraction of sp³-hybridized carbons (Fsp3) is 0.429. The van der Waals surface area contributed by atoms with Crippen molar-refractivity contribution in [3.63, 3.8) is 0 Å². The number of rotatable bonds is 7. The number of likely N-dealkylation sites (N-methyl/N-ethyl adjacent to an activating group) is 1. The van der Waals surface area contributed by atoms with Gasteiger partial charge in [-0.1, -0.05) is 6.07 Å². The molecule has 1 aromatic carbocycles. The lowest BCUT2D eigenvalue weighted by Crippen LogP contribution is -2.52. The van der Waals surface area contributed by atoms with Crippen LogP contribution < -0.4 is 5.32 Å². The summed E-state index contributed by atoms with van der Waals surface area (Å²) >= 11 is 1.72. The number of nitrogens with one attached hydrogen (secondary N) is 1. The Bertz CT molecular complexity index is 849. The number of thiophene rings is 1. The van der Waals surface area contributed by atoms with E-state index in [1.54, 1.807) is 23.5 Å². The molecular formula is C21H27FN4O2S. The van der Waals surface area contributed by atoms with E-state index >= 15 is 0 Å². The average Bonchev–Trinajstić information content (AvgIpc) is 3.06. The van der Waals surface area contributed by atoms with Gasteiger partial charge in [0.25, 0.3) is 0 Å². The van der Waals surface area contributed by atoms with Crippen LogP contribution >= 0.6 is 11.3 Å². The molecule has 1 saturated heterocycles. The molecule has 0 spiro atoms. The maximum Gasteiger partial charge on any atom is 0.238 e. The number of hydrogen-bond donors (Lipinski definition) is 1. The summed E-state index contributed by atoms with van der Waals surface area (Å²) in [5.74, 6) is -0.443. The van der Waals surface area contributed by atoms with Gasteiger partial charge in [-0.25, -0.2) is 4.39 Å². The Labute approximate surface area is 174 Å². The topological polar surface area (TPSA) is 55.9 Å². The summed E-state index contributed by atoms with van der Waals surface area (Å²) in [6.07, 6.45) is 0. The van der Waals surface area contributed by atoms with Gasteiger partial charge in [0, 0.05) is 43.3 Å². The van der Waals surface area contributed by atoms with Crippen LogP contribution in [0.25, 0.3) is 0 Å². The zero-order chi connectivity index (χ0) is 20.8. The second kappa shape index (κ2) is 9.96. The van der Waals surface area contributed by atoms with Gasteiger partial charge in [0.15, 0.2) is 0 Å². The summed E-state index contributed by atoms with van der Waals surface area (Å²) in [5.41, 5.74) is 1.72. The third-order valence-corrected chi connectivity index (χ3v) is 6.00. The third-order valence-electron chi connectivity index (χ3n) is 4.99. The van der Waals surface area contributed by atoms with Crippen molar-refractivity contribution >= 4 is 28.8 Å². The van der Waals surface area contributed by atoms with E-state index in [1.807, 2.05) is 21.7 Å². The molecule has 1 aliphatic rings. The Morgan fingerprint density at radius 3 is 2.62 bits per heavy atom. The first kappa shape index (κ1) is 21.4. The van der Waals surface area contributed by atoms with Crippen LogP contribution in [-0.4, -0.2) is 72.8 Å². The van der Waals surface area contributed by atoms with Crippen LogP contribution in [0.3, 0.4) is 0 Å². The van der Waals surface area contributed by atoms with Gasteiger partial charge in [-0.3, -0.25) is 19.4 Å². The standard InChI is InChI=1S/C21H27FN4O2S/c1-16-6-11-29-19(16)13-24(2)15-21(28)26-9-7-25(8-10-26)14-20(27)23-18-5-3-4-17(22)12-18/h3-6,11-12H,7-10,13-15H2,1-2H3,(H,23,27). The van der Waals surface area contributed by atoms with Gasteiger partial charge < -0.3 is 10.2 Å². The number of carbonyl (C=O) groups excluding carboxylic acids is 2. The van der Waals surface area contributed by atoms with Crippen molar-refractivity contribution in [1.29, 1.82) is 0 Å². The van der Waals surface area contributed by atoms with E-state index in [-0.39, 0.29) is 24.2 Å². The van der Waals surface area contributed by atoms with Gasteiger partial charge in [-0.2, -0.15) is 0 Å². The Kier molecular flexibility index (Phi) is 7.35. The lowest BCUT2D eigenvalue weighted by molar-refractivity contribution is -0.134. The van der Waals surface area contributed by atoms with E-state index in [4.69, 9.17) is 0 Å². The number of amides is 2. The monoisotopic (exact) mass is 418 g/mol. The largest absolute Gasteiger partial charge is 0.339 e. The molecule has 6 nitrogen and oxygen atoms in total. The van der Waals surface area contributed by atoms with Gasteiger partial charge in [0.05, 0.1) is 13.1 Å². The van der Waals surface area contributed by atoms with Gasteiger partial charge in [-0.05, 0) is 49.2 Å². The number of piperazine rings is 1. The molecule has 1 aromatic heterocycles. The summed E-state index contributed by atoms with van der Waals surface area (Å²) in [4.78, 5) is 31.9. The first-order valence-corrected chi connectivity index (χ1v) is 10.6. The van der Waals surface area contributed by atoms with Crippen molar-refractivity contribution in [3.8, 4) is 0 Å². The van der Waals surface area contributed by atoms with E-state index in [2.05, 4.69) is 23.7 Å². The van der Waals surface area contributed by atoms with Crippen LogP contribution in [0, 0.1) is 12.7 Å². The molecule has 2 aromatic rings. The van der Waals surface area contributed by atoms with Crippen LogP contribution in [0.2, 0.25) is 0 Å². The molecule has 0 aliphatic carbocycles. The molecule has 0 bridgehead atoms. The van der Waals surface area contributed by atoms with Crippen molar-refractivity contribution in [1.82, 2.24) is 14.7 Å². The molecule has 156 valence electrons. The molecule has 2 amide bonds. The van der Waals surface area contributed by atoms with Crippen LogP contribution in [0.5, 0.6) is 0 Å². The van der Waals surface area contributed by atoms with Crippen molar-refractivity contribution in [3.05, 3.63) is 52.0 Å². The first-order chi connectivity index (χ1) is 13.9. The highest BCUT2D eigenvalue weighted by atomic mass is 32.1. The van der Waals surface area contributed by atoms with Gasteiger partial charge in [0.2, 0.25) is 11.8 Å². The normalized spacial score (nSPS) is 15.0. The lowest BCUT2D eigenvalue weighted by atomic mass is 10.2. The highest BCUT2D eigenvalue weighted by Gasteiger charge is 2.23. The number of anilines is 1. The predicted molar refractivity (Wildman–Crippen MR) is 113 cm³/mol. The second-order valence-electron chi connectivity index (χ2n) is 7.41. The molecule has 1 aliphatic heterocycles. The first-order valence-electron chi connectivity index (χ1n) is 9.68. The molecule has 0 atom stereocenters. The molecule has 0 saturated carbocycles. The van der Waals surface area contributed by atoms with E-state index in [1.165, 1.54) is 22.6 Å². The Morgan fingerprint density at radius 1 is 1.21 bits per heavy atom. The van der Waals surface area contributed by atoms with E-state index in [0.29, 0.717) is 38.4 Å². The summed E-state index contributed by atoms with van der Waals surface area (Å²) in [6, 6.07) is 7.95. The zero-order valence-corrected chi connectivity index (χ0v) is 17.7.